The molecule has 10 rings (SSSR count). The predicted molar refractivity (Wildman–Crippen MR) is 197 cm³/mol. The van der Waals surface area contributed by atoms with Crippen LogP contribution in [0.2, 0.25) is 0 Å². The van der Waals surface area contributed by atoms with Gasteiger partial charge in [-0.2, -0.15) is 0 Å². The molecule has 0 N–H and O–H groups in total. The number of nitrogens with zero attached hydrogens (tertiary/aromatic N) is 4. The maximum atomic E-state index is 5.36. The van der Waals surface area contributed by atoms with Crippen molar-refractivity contribution in [1.29, 1.82) is 0 Å². The molecule has 4 nitrogen and oxygen atoms in total. The Morgan fingerprint density at radius 1 is 0.340 bits per heavy atom. The highest BCUT2D eigenvalue weighted by Gasteiger charge is 2.20. The third kappa shape index (κ3) is 4.14. The highest BCUT2D eigenvalue weighted by Crippen LogP contribution is 2.40. The molecule has 0 atom stereocenters. The van der Waals surface area contributed by atoms with Crippen LogP contribution in [0.5, 0.6) is 0 Å². The average molecular weight is 617 g/mol. The van der Waals surface area contributed by atoms with Gasteiger partial charge in [-0.1, -0.05) is 127 Å². The summed E-state index contributed by atoms with van der Waals surface area (Å²) in [7, 11) is 0. The van der Waals surface area contributed by atoms with Crippen LogP contribution in [-0.2, 0) is 0 Å². The van der Waals surface area contributed by atoms with E-state index in [1.165, 1.54) is 20.2 Å². The first kappa shape index (κ1) is 26.2. The van der Waals surface area contributed by atoms with Gasteiger partial charge in [-0.15, -0.1) is 11.3 Å². The molecule has 0 saturated heterocycles. The smallest absolute Gasteiger partial charge is 0.183 e. The quantitative estimate of drug-likeness (QED) is 0.185. The maximum absolute atomic E-state index is 5.36. The lowest BCUT2D eigenvalue weighted by Crippen LogP contribution is -2.02. The van der Waals surface area contributed by atoms with Crippen molar-refractivity contribution in [3.8, 4) is 34.3 Å². The molecule has 0 aliphatic rings. The van der Waals surface area contributed by atoms with E-state index in [9.17, 15) is 0 Å². The second kappa shape index (κ2) is 10.2. The highest BCUT2D eigenvalue weighted by atomic mass is 32.1. The number of hydrogen-bond donors (Lipinski definition) is 0. The Bertz CT molecular complexity index is 2760. The van der Waals surface area contributed by atoms with Crippen molar-refractivity contribution in [2.24, 2.45) is 0 Å². The predicted octanol–water partition coefficient (Wildman–Crippen LogP) is 11.2. The van der Waals surface area contributed by atoms with E-state index in [4.69, 9.17) is 19.9 Å². The number of aromatic nitrogens is 4. The molecule has 0 aliphatic carbocycles. The zero-order chi connectivity index (χ0) is 30.9. The summed E-state index contributed by atoms with van der Waals surface area (Å²) >= 11 is 1.83. The van der Waals surface area contributed by atoms with Crippen LogP contribution in [0.15, 0.2) is 146 Å². The van der Waals surface area contributed by atoms with Gasteiger partial charge in [0.2, 0.25) is 0 Å². The minimum atomic E-state index is 0.555. The van der Waals surface area contributed by atoms with Crippen LogP contribution in [-0.4, -0.2) is 19.9 Å². The van der Waals surface area contributed by atoms with E-state index in [0.29, 0.717) is 17.5 Å². The van der Waals surface area contributed by atoms with Gasteiger partial charge in [0.1, 0.15) is 5.69 Å². The monoisotopic (exact) mass is 616 g/mol. The van der Waals surface area contributed by atoms with Crippen molar-refractivity contribution in [2.45, 2.75) is 0 Å². The summed E-state index contributed by atoms with van der Waals surface area (Å²) in [6, 6.07) is 50.9. The van der Waals surface area contributed by atoms with Gasteiger partial charge in [0, 0.05) is 42.1 Å². The van der Waals surface area contributed by atoms with E-state index < -0.39 is 0 Å². The molecule has 0 amide bonds. The van der Waals surface area contributed by atoms with Gasteiger partial charge in [0.05, 0.1) is 5.52 Å². The summed E-state index contributed by atoms with van der Waals surface area (Å²) in [4.78, 5) is 20.9. The van der Waals surface area contributed by atoms with Crippen molar-refractivity contribution in [2.75, 3.05) is 0 Å². The van der Waals surface area contributed by atoms with Crippen molar-refractivity contribution in [3.63, 3.8) is 0 Å². The third-order valence-corrected chi connectivity index (χ3v) is 10.2. The lowest BCUT2D eigenvalue weighted by molar-refractivity contribution is 1.07. The SMILES string of the molecule is c1ccc2c(-c3nc(-c4cccc5ccccc45)nc(-c4nc5cc6c(cc5c5ccccc45)sc4ccccc46)n3)cccc2c1. The fourth-order valence-corrected chi connectivity index (χ4v) is 8.03. The molecule has 218 valence electrons. The van der Waals surface area contributed by atoms with Crippen LogP contribution in [0.3, 0.4) is 0 Å². The van der Waals surface area contributed by atoms with Crippen LogP contribution < -0.4 is 0 Å². The molecule has 3 heterocycles. The Kier molecular flexibility index (Phi) is 5.71. The molecule has 0 bridgehead atoms. The number of benzene rings is 7. The molecule has 47 heavy (non-hydrogen) atoms. The molecular formula is C42H24N4S. The van der Waals surface area contributed by atoms with E-state index >= 15 is 0 Å². The Morgan fingerprint density at radius 2 is 0.872 bits per heavy atom. The first-order valence-corrected chi connectivity index (χ1v) is 16.5. The summed E-state index contributed by atoms with van der Waals surface area (Å²) in [6.07, 6.45) is 0. The van der Waals surface area contributed by atoms with Crippen LogP contribution in [0.1, 0.15) is 0 Å². The summed E-state index contributed by atoms with van der Waals surface area (Å²) in [5.74, 6) is 1.80. The molecule has 0 aliphatic heterocycles. The standard InChI is InChI=1S/C42H24N4S/c1-3-15-27-25(11-1)13-9-20-32(27)40-44-41(33-21-10-14-26-12-2-4-16-28(26)33)46-42(45-40)39-31-19-6-5-17-29(31)34-24-38-35(23-36(34)43-39)30-18-7-8-22-37(30)47-38/h1-24H. The molecule has 0 fully saturated rings. The van der Waals surface area contributed by atoms with E-state index in [2.05, 4.69) is 146 Å². The average Bonchev–Trinajstić information content (AvgIpc) is 3.50. The Hall–Kier alpha value is -6.04. The first-order valence-electron chi connectivity index (χ1n) is 15.6. The van der Waals surface area contributed by atoms with Crippen molar-refractivity contribution < 1.29 is 0 Å². The molecule has 10 aromatic rings. The molecule has 0 unspecified atom stereocenters. The lowest BCUT2D eigenvalue weighted by Gasteiger charge is -2.13. The summed E-state index contributed by atoms with van der Waals surface area (Å²) < 4.78 is 2.54. The fourth-order valence-electron chi connectivity index (χ4n) is 6.91. The third-order valence-electron chi connectivity index (χ3n) is 9.11. The van der Waals surface area contributed by atoms with Gasteiger partial charge in [0.15, 0.2) is 17.5 Å². The minimum Gasteiger partial charge on any atom is -0.244 e. The fraction of sp³-hybridized carbons (Fsp3) is 0. The largest absolute Gasteiger partial charge is 0.244 e. The normalized spacial score (nSPS) is 11.8. The Labute approximate surface area is 273 Å². The van der Waals surface area contributed by atoms with E-state index in [-0.39, 0.29) is 0 Å². The maximum Gasteiger partial charge on any atom is 0.183 e. The van der Waals surface area contributed by atoms with Gasteiger partial charge in [-0.05, 0) is 45.1 Å². The summed E-state index contributed by atoms with van der Waals surface area (Å²) in [5, 5.41) is 10.2. The molecular weight excluding hydrogens is 593 g/mol. The lowest BCUT2D eigenvalue weighted by atomic mass is 10.0. The van der Waals surface area contributed by atoms with Crippen LogP contribution in [0.25, 0.3) is 97.7 Å². The van der Waals surface area contributed by atoms with Crippen molar-refractivity contribution in [1.82, 2.24) is 19.9 Å². The van der Waals surface area contributed by atoms with Crippen molar-refractivity contribution >= 4 is 74.7 Å². The van der Waals surface area contributed by atoms with Gasteiger partial charge in [-0.25, -0.2) is 19.9 Å². The van der Waals surface area contributed by atoms with Gasteiger partial charge in [0.25, 0.3) is 0 Å². The summed E-state index contributed by atoms with van der Waals surface area (Å²) in [6.45, 7) is 0. The second-order valence-electron chi connectivity index (χ2n) is 11.8. The van der Waals surface area contributed by atoms with Gasteiger partial charge in [-0.3, -0.25) is 0 Å². The molecule has 0 spiro atoms. The van der Waals surface area contributed by atoms with Gasteiger partial charge >= 0.3 is 0 Å². The molecule has 5 heteroatoms. The Morgan fingerprint density at radius 3 is 1.55 bits per heavy atom. The van der Waals surface area contributed by atoms with E-state index in [0.717, 1.165) is 60.0 Å². The number of hydrogen-bond acceptors (Lipinski definition) is 5. The zero-order valence-corrected chi connectivity index (χ0v) is 25.9. The van der Waals surface area contributed by atoms with Crippen LogP contribution in [0, 0.1) is 0 Å². The summed E-state index contributed by atoms with van der Waals surface area (Å²) in [5.41, 5.74) is 3.60. The van der Waals surface area contributed by atoms with E-state index in [1.54, 1.807) is 0 Å². The van der Waals surface area contributed by atoms with Crippen molar-refractivity contribution in [3.05, 3.63) is 146 Å². The molecule has 0 radical (unpaired) electrons. The number of pyridine rings is 1. The topological polar surface area (TPSA) is 51.6 Å². The molecule has 3 aromatic heterocycles. The second-order valence-corrected chi connectivity index (χ2v) is 12.9. The van der Waals surface area contributed by atoms with Crippen LogP contribution >= 0.6 is 11.3 Å². The first-order chi connectivity index (χ1) is 23.3. The number of fused-ring (bicyclic) bond motifs is 8. The van der Waals surface area contributed by atoms with Gasteiger partial charge < -0.3 is 0 Å². The van der Waals surface area contributed by atoms with E-state index in [1.807, 2.05) is 11.3 Å². The molecule has 7 aromatic carbocycles. The minimum absolute atomic E-state index is 0.555. The van der Waals surface area contributed by atoms with Crippen LogP contribution in [0.4, 0.5) is 0 Å². The number of rotatable bonds is 3. The number of thiophene rings is 1. The Balaban J connectivity index is 1.30. The molecule has 0 saturated carbocycles. The zero-order valence-electron chi connectivity index (χ0n) is 25.1. The highest BCUT2D eigenvalue weighted by molar-refractivity contribution is 7.25.